The Morgan fingerprint density at radius 2 is 2.25 bits per heavy atom. The molecule has 0 saturated carbocycles. The molecule has 1 aromatic heterocycles. The van der Waals surface area contributed by atoms with Crippen LogP contribution in [0.25, 0.3) is 0 Å². The van der Waals surface area contributed by atoms with E-state index in [-0.39, 0.29) is 0 Å². The van der Waals surface area contributed by atoms with Crippen molar-refractivity contribution < 1.29 is 0 Å². The van der Waals surface area contributed by atoms with E-state index < -0.39 is 0 Å². The Hall–Kier alpha value is -1.18. The third-order valence-electron chi connectivity index (χ3n) is 1.74. The van der Waals surface area contributed by atoms with Crippen LogP contribution in [0.5, 0.6) is 0 Å². The van der Waals surface area contributed by atoms with Gasteiger partial charge in [0.25, 0.3) is 0 Å². The predicted molar refractivity (Wildman–Crippen MR) is 51.8 cm³/mol. The van der Waals surface area contributed by atoms with Gasteiger partial charge in [-0.1, -0.05) is 19.9 Å². The van der Waals surface area contributed by atoms with E-state index in [0.717, 1.165) is 5.69 Å². The minimum absolute atomic E-state index is 0.506. The maximum absolute atomic E-state index is 4.24. The van der Waals surface area contributed by atoms with Crippen LogP contribution in [0.4, 0.5) is 0 Å². The minimum atomic E-state index is 0.506. The first-order chi connectivity index (χ1) is 5.75. The molecule has 0 N–H and O–H groups in total. The molecule has 2 nitrogen and oxygen atoms in total. The quantitative estimate of drug-likeness (QED) is 0.612. The van der Waals surface area contributed by atoms with E-state index in [9.17, 15) is 0 Å². The van der Waals surface area contributed by atoms with Gasteiger partial charge in [0.1, 0.15) is 0 Å². The summed E-state index contributed by atoms with van der Waals surface area (Å²) in [5, 5.41) is 0. The van der Waals surface area contributed by atoms with Gasteiger partial charge in [0.15, 0.2) is 0 Å². The largest absolute Gasteiger partial charge is 0.294 e. The lowest BCUT2D eigenvalue weighted by Gasteiger charge is -2.06. The van der Waals surface area contributed by atoms with Gasteiger partial charge in [0.05, 0.1) is 5.69 Å². The molecule has 0 unspecified atom stereocenters. The Kier molecular flexibility index (Phi) is 2.97. The summed E-state index contributed by atoms with van der Waals surface area (Å²) in [5.74, 6) is 0.506. The lowest BCUT2D eigenvalue weighted by molar-refractivity contribution is 0.855. The van der Waals surface area contributed by atoms with Crippen LogP contribution < -0.4 is 0 Å². The highest BCUT2D eigenvalue weighted by molar-refractivity contribution is 5.79. The van der Waals surface area contributed by atoms with Crippen LogP contribution >= 0.6 is 0 Å². The molecule has 1 rings (SSSR count). The third-order valence-corrected chi connectivity index (χ3v) is 1.74. The van der Waals surface area contributed by atoms with Crippen LogP contribution in [-0.4, -0.2) is 18.2 Å². The highest BCUT2D eigenvalue weighted by Gasteiger charge is 2.03. The van der Waals surface area contributed by atoms with Crippen LogP contribution in [0.3, 0.4) is 0 Å². The average molecular weight is 162 g/mol. The molecule has 64 valence electrons. The molecule has 0 aliphatic heterocycles. The second-order valence-corrected chi connectivity index (χ2v) is 3.02. The van der Waals surface area contributed by atoms with Crippen LogP contribution in [0, 0.1) is 0 Å². The molecule has 1 aromatic rings. The monoisotopic (exact) mass is 162 g/mol. The van der Waals surface area contributed by atoms with E-state index in [1.165, 1.54) is 5.56 Å². The van der Waals surface area contributed by atoms with E-state index >= 15 is 0 Å². The van der Waals surface area contributed by atoms with Crippen molar-refractivity contribution in [3.8, 4) is 0 Å². The molecule has 1 heterocycles. The second kappa shape index (κ2) is 4.00. The molecule has 0 aliphatic rings. The van der Waals surface area contributed by atoms with Gasteiger partial charge in [-0.15, -0.1) is 0 Å². The molecule has 0 saturated heterocycles. The first kappa shape index (κ1) is 8.91. The van der Waals surface area contributed by atoms with Crippen LogP contribution in [0.1, 0.15) is 31.0 Å². The Morgan fingerprint density at radius 3 is 2.83 bits per heavy atom. The zero-order valence-corrected chi connectivity index (χ0v) is 7.78. The summed E-state index contributed by atoms with van der Waals surface area (Å²) >= 11 is 0. The maximum Gasteiger partial charge on any atom is 0.0842 e. The summed E-state index contributed by atoms with van der Waals surface area (Å²) in [6.07, 6.45) is 3.60. The van der Waals surface area contributed by atoms with Gasteiger partial charge in [0.2, 0.25) is 0 Å². The number of aliphatic imine (C=N–C) groups is 1. The smallest absolute Gasteiger partial charge is 0.0842 e. The van der Waals surface area contributed by atoms with Gasteiger partial charge >= 0.3 is 0 Å². The molecule has 0 aliphatic carbocycles. The first-order valence-corrected chi connectivity index (χ1v) is 4.12. The summed E-state index contributed by atoms with van der Waals surface area (Å²) in [5.41, 5.74) is 2.23. The number of hydrogen-bond acceptors (Lipinski definition) is 2. The fourth-order valence-electron chi connectivity index (χ4n) is 1.15. The lowest BCUT2D eigenvalue weighted by Crippen LogP contribution is -1.97. The molecule has 0 bridgehead atoms. The highest BCUT2D eigenvalue weighted by atomic mass is 14.7. The van der Waals surface area contributed by atoms with Gasteiger partial charge < -0.3 is 0 Å². The Balaban J connectivity index is 3.08. The number of rotatable bonds is 2. The summed E-state index contributed by atoms with van der Waals surface area (Å²) in [6, 6.07) is 4.05. The fraction of sp³-hybridized carbons (Fsp3) is 0.400. The highest BCUT2D eigenvalue weighted by Crippen LogP contribution is 2.15. The summed E-state index contributed by atoms with van der Waals surface area (Å²) in [4.78, 5) is 8.20. The standard InChI is InChI=1S/C10H14N2/c1-8(2)9-5-4-6-12-10(9)7-11-3/h4-8H,1-3H3/b11-7+. The molecule has 0 amide bonds. The summed E-state index contributed by atoms with van der Waals surface area (Å²) in [6.45, 7) is 4.31. The molecular weight excluding hydrogens is 148 g/mol. The minimum Gasteiger partial charge on any atom is -0.294 e. The SMILES string of the molecule is C/N=C/c1ncccc1C(C)C. The van der Waals surface area contributed by atoms with E-state index in [4.69, 9.17) is 0 Å². The van der Waals surface area contributed by atoms with Gasteiger partial charge in [-0.25, -0.2) is 0 Å². The Labute approximate surface area is 73.4 Å². The van der Waals surface area contributed by atoms with E-state index in [0.29, 0.717) is 5.92 Å². The predicted octanol–water partition coefficient (Wildman–Crippen LogP) is 2.25. The van der Waals surface area contributed by atoms with Crippen molar-refractivity contribution in [3.63, 3.8) is 0 Å². The zero-order valence-electron chi connectivity index (χ0n) is 7.78. The number of nitrogens with zero attached hydrogens (tertiary/aromatic N) is 2. The van der Waals surface area contributed by atoms with Gasteiger partial charge in [-0.05, 0) is 17.5 Å². The van der Waals surface area contributed by atoms with Crippen LogP contribution in [0.2, 0.25) is 0 Å². The molecule has 0 fully saturated rings. The van der Waals surface area contributed by atoms with Crippen LogP contribution in [-0.2, 0) is 0 Å². The average Bonchev–Trinajstić information content (AvgIpc) is 2.05. The summed E-state index contributed by atoms with van der Waals surface area (Å²) < 4.78 is 0. The molecule has 0 atom stereocenters. The zero-order chi connectivity index (χ0) is 8.97. The Bertz CT molecular complexity index is 277. The Morgan fingerprint density at radius 1 is 1.50 bits per heavy atom. The number of pyridine rings is 1. The first-order valence-electron chi connectivity index (χ1n) is 4.12. The lowest BCUT2D eigenvalue weighted by atomic mass is 10.0. The van der Waals surface area contributed by atoms with Crippen molar-refractivity contribution in [3.05, 3.63) is 29.6 Å². The van der Waals surface area contributed by atoms with Crippen molar-refractivity contribution in [2.75, 3.05) is 7.05 Å². The van der Waals surface area contributed by atoms with Crippen molar-refractivity contribution >= 4 is 6.21 Å². The second-order valence-electron chi connectivity index (χ2n) is 3.02. The normalized spacial score (nSPS) is 11.3. The molecule has 0 radical (unpaired) electrons. The molecule has 12 heavy (non-hydrogen) atoms. The fourth-order valence-corrected chi connectivity index (χ4v) is 1.15. The van der Waals surface area contributed by atoms with E-state index in [1.54, 1.807) is 19.5 Å². The van der Waals surface area contributed by atoms with E-state index in [1.807, 2.05) is 6.07 Å². The third kappa shape index (κ3) is 1.91. The van der Waals surface area contributed by atoms with Gasteiger partial charge in [0, 0.05) is 19.5 Å². The summed E-state index contributed by atoms with van der Waals surface area (Å²) in [7, 11) is 1.76. The number of hydrogen-bond donors (Lipinski definition) is 0. The van der Waals surface area contributed by atoms with E-state index in [2.05, 4.69) is 29.9 Å². The molecular formula is C10H14N2. The van der Waals surface area contributed by atoms with Gasteiger partial charge in [-0.2, -0.15) is 0 Å². The molecule has 0 spiro atoms. The maximum atomic E-state index is 4.24. The van der Waals surface area contributed by atoms with Crippen molar-refractivity contribution in [1.82, 2.24) is 4.98 Å². The van der Waals surface area contributed by atoms with Crippen molar-refractivity contribution in [1.29, 1.82) is 0 Å². The van der Waals surface area contributed by atoms with Gasteiger partial charge in [-0.3, -0.25) is 9.98 Å². The molecule has 2 heteroatoms. The molecule has 0 aromatic carbocycles. The van der Waals surface area contributed by atoms with Crippen molar-refractivity contribution in [2.45, 2.75) is 19.8 Å². The van der Waals surface area contributed by atoms with Crippen molar-refractivity contribution in [2.24, 2.45) is 4.99 Å². The van der Waals surface area contributed by atoms with Crippen LogP contribution in [0.15, 0.2) is 23.3 Å². The topological polar surface area (TPSA) is 25.2 Å². The number of aromatic nitrogens is 1.